The van der Waals surface area contributed by atoms with Gasteiger partial charge in [-0.1, -0.05) is 18.2 Å². The first kappa shape index (κ1) is 15.1. The molecule has 0 atom stereocenters. The average molecular weight is 310 g/mol. The number of hydrogen-bond acceptors (Lipinski definition) is 4. The molecule has 1 amide bonds. The lowest BCUT2D eigenvalue weighted by Crippen LogP contribution is -2.21. The van der Waals surface area contributed by atoms with Gasteiger partial charge < -0.3 is 19.7 Å². The van der Waals surface area contributed by atoms with Gasteiger partial charge in [-0.05, 0) is 30.3 Å². The van der Waals surface area contributed by atoms with Crippen molar-refractivity contribution in [3.63, 3.8) is 0 Å². The SMILES string of the molecule is CN(CCO)c1ccc(NC(=O)c2coc3ccccc23)cc1. The fourth-order valence-electron chi connectivity index (χ4n) is 2.43. The number of benzene rings is 2. The average Bonchev–Trinajstić information content (AvgIpc) is 3.00. The first-order chi connectivity index (χ1) is 11.2. The van der Waals surface area contributed by atoms with Gasteiger partial charge in [0.25, 0.3) is 5.91 Å². The molecule has 0 radical (unpaired) electrons. The van der Waals surface area contributed by atoms with Crippen LogP contribution in [-0.4, -0.2) is 31.2 Å². The molecular formula is C18H18N2O3. The number of likely N-dealkylation sites (N-methyl/N-ethyl adjacent to an activating group) is 1. The second kappa shape index (κ2) is 6.54. The summed E-state index contributed by atoms with van der Waals surface area (Å²) >= 11 is 0. The van der Waals surface area contributed by atoms with Gasteiger partial charge in [0.15, 0.2) is 0 Å². The predicted octanol–water partition coefficient (Wildman–Crippen LogP) is 3.11. The van der Waals surface area contributed by atoms with Crippen molar-refractivity contribution >= 4 is 28.3 Å². The zero-order chi connectivity index (χ0) is 16.2. The van der Waals surface area contributed by atoms with E-state index >= 15 is 0 Å². The summed E-state index contributed by atoms with van der Waals surface area (Å²) in [5, 5.41) is 12.6. The number of nitrogens with zero attached hydrogens (tertiary/aromatic N) is 1. The molecule has 5 nitrogen and oxygen atoms in total. The summed E-state index contributed by atoms with van der Waals surface area (Å²) < 4.78 is 5.39. The van der Waals surface area contributed by atoms with Gasteiger partial charge in [0.1, 0.15) is 11.8 Å². The van der Waals surface area contributed by atoms with Gasteiger partial charge >= 0.3 is 0 Å². The molecule has 5 heteroatoms. The topological polar surface area (TPSA) is 65.7 Å². The van der Waals surface area contributed by atoms with Crippen molar-refractivity contribution in [3.8, 4) is 0 Å². The standard InChI is InChI=1S/C18H18N2O3/c1-20(10-11-21)14-8-6-13(7-9-14)19-18(22)16-12-23-17-5-3-2-4-15(16)17/h2-9,12,21H,10-11H2,1H3,(H,19,22). The second-order valence-electron chi connectivity index (χ2n) is 5.29. The Morgan fingerprint density at radius 3 is 2.65 bits per heavy atom. The molecule has 0 unspecified atom stereocenters. The van der Waals surface area contributed by atoms with Gasteiger partial charge in [-0.2, -0.15) is 0 Å². The highest BCUT2D eigenvalue weighted by Gasteiger charge is 2.13. The Morgan fingerprint density at radius 2 is 1.91 bits per heavy atom. The normalized spacial score (nSPS) is 10.7. The van der Waals surface area contributed by atoms with Crippen LogP contribution >= 0.6 is 0 Å². The van der Waals surface area contributed by atoms with Crippen LogP contribution in [0.25, 0.3) is 11.0 Å². The van der Waals surface area contributed by atoms with Crippen LogP contribution in [0.2, 0.25) is 0 Å². The number of furan rings is 1. The molecule has 118 valence electrons. The Balaban J connectivity index is 1.75. The molecule has 0 saturated heterocycles. The lowest BCUT2D eigenvalue weighted by molar-refractivity contribution is 0.102. The van der Waals surface area contributed by atoms with Gasteiger partial charge in [0.05, 0.1) is 12.2 Å². The fraction of sp³-hybridized carbons (Fsp3) is 0.167. The van der Waals surface area contributed by atoms with Gasteiger partial charge in [0.2, 0.25) is 0 Å². The van der Waals surface area contributed by atoms with Crippen LogP contribution in [0.15, 0.2) is 59.2 Å². The molecule has 2 aromatic carbocycles. The van der Waals surface area contributed by atoms with Crippen molar-refractivity contribution in [3.05, 3.63) is 60.4 Å². The van der Waals surface area contributed by atoms with Crippen LogP contribution in [0.4, 0.5) is 11.4 Å². The summed E-state index contributed by atoms with van der Waals surface area (Å²) in [6, 6.07) is 14.9. The van der Waals surface area contributed by atoms with Crippen LogP contribution in [0.3, 0.4) is 0 Å². The Labute approximate surface area is 134 Å². The zero-order valence-corrected chi connectivity index (χ0v) is 12.8. The maximum atomic E-state index is 12.4. The van der Waals surface area contributed by atoms with Gasteiger partial charge in [-0.15, -0.1) is 0 Å². The van der Waals surface area contributed by atoms with Crippen LogP contribution in [0.5, 0.6) is 0 Å². The summed E-state index contributed by atoms with van der Waals surface area (Å²) in [4.78, 5) is 14.3. The maximum absolute atomic E-state index is 12.4. The van der Waals surface area contributed by atoms with Crippen molar-refractivity contribution in [1.82, 2.24) is 0 Å². The molecule has 0 saturated carbocycles. The molecule has 0 aliphatic carbocycles. The number of fused-ring (bicyclic) bond motifs is 1. The number of anilines is 2. The van der Waals surface area contributed by atoms with Crippen molar-refractivity contribution in [2.45, 2.75) is 0 Å². The summed E-state index contributed by atoms with van der Waals surface area (Å²) in [5.74, 6) is -0.202. The lowest BCUT2D eigenvalue weighted by atomic mass is 10.1. The minimum absolute atomic E-state index is 0.0998. The molecule has 3 rings (SSSR count). The maximum Gasteiger partial charge on any atom is 0.259 e. The van der Waals surface area contributed by atoms with E-state index < -0.39 is 0 Å². The van der Waals surface area contributed by atoms with Crippen LogP contribution in [0, 0.1) is 0 Å². The highest BCUT2D eigenvalue weighted by molar-refractivity contribution is 6.12. The molecule has 1 heterocycles. The monoisotopic (exact) mass is 310 g/mol. The number of hydrogen-bond donors (Lipinski definition) is 2. The molecular weight excluding hydrogens is 292 g/mol. The molecule has 23 heavy (non-hydrogen) atoms. The third-order valence-corrected chi connectivity index (χ3v) is 3.73. The van der Waals surface area contributed by atoms with Crippen LogP contribution in [-0.2, 0) is 0 Å². The second-order valence-corrected chi connectivity index (χ2v) is 5.29. The zero-order valence-electron chi connectivity index (χ0n) is 12.8. The number of amides is 1. The first-order valence-corrected chi connectivity index (χ1v) is 7.38. The molecule has 0 aliphatic heterocycles. The van der Waals surface area contributed by atoms with Crippen molar-refractivity contribution in [2.75, 3.05) is 30.4 Å². The molecule has 0 aliphatic rings. The molecule has 3 aromatic rings. The van der Waals surface area contributed by atoms with Gasteiger partial charge in [-0.25, -0.2) is 0 Å². The number of aliphatic hydroxyl groups is 1. The number of rotatable bonds is 5. The Bertz CT molecular complexity index is 809. The minimum Gasteiger partial charge on any atom is -0.463 e. The number of para-hydroxylation sites is 1. The van der Waals surface area contributed by atoms with E-state index in [9.17, 15) is 4.79 Å². The first-order valence-electron chi connectivity index (χ1n) is 7.38. The lowest BCUT2D eigenvalue weighted by Gasteiger charge is -2.18. The highest BCUT2D eigenvalue weighted by atomic mass is 16.3. The number of carbonyl (C=O) groups excluding carboxylic acids is 1. The van der Waals surface area contributed by atoms with Crippen LogP contribution < -0.4 is 10.2 Å². The molecule has 2 N–H and O–H groups in total. The van der Waals surface area contributed by atoms with E-state index in [0.717, 1.165) is 11.1 Å². The van der Waals surface area contributed by atoms with Gasteiger partial charge in [0, 0.05) is 30.4 Å². The molecule has 0 bridgehead atoms. The van der Waals surface area contributed by atoms with E-state index in [4.69, 9.17) is 9.52 Å². The van der Waals surface area contributed by atoms with E-state index in [2.05, 4.69) is 5.32 Å². The van der Waals surface area contributed by atoms with E-state index in [0.29, 0.717) is 23.4 Å². The third-order valence-electron chi connectivity index (χ3n) is 3.73. The number of carbonyl (C=O) groups is 1. The summed E-state index contributed by atoms with van der Waals surface area (Å²) in [7, 11) is 1.90. The highest BCUT2D eigenvalue weighted by Crippen LogP contribution is 2.22. The molecule has 0 spiro atoms. The summed E-state index contributed by atoms with van der Waals surface area (Å²) in [6.07, 6.45) is 1.48. The van der Waals surface area contributed by atoms with E-state index in [1.807, 2.05) is 60.5 Å². The predicted molar refractivity (Wildman–Crippen MR) is 91.0 cm³/mol. The minimum atomic E-state index is -0.202. The Morgan fingerprint density at radius 1 is 1.17 bits per heavy atom. The van der Waals surface area contributed by atoms with Crippen molar-refractivity contribution in [1.29, 1.82) is 0 Å². The quantitative estimate of drug-likeness (QED) is 0.760. The van der Waals surface area contributed by atoms with Crippen LogP contribution in [0.1, 0.15) is 10.4 Å². The van der Waals surface area contributed by atoms with E-state index in [1.54, 1.807) is 0 Å². The molecule has 1 aromatic heterocycles. The largest absolute Gasteiger partial charge is 0.463 e. The smallest absolute Gasteiger partial charge is 0.259 e. The van der Waals surface area contributed by atoms with E-state index in [1.165, 1.54) is 6.26 Å². The summed E-state index contributed by atoms with van der Waals surface area (Å²) in [5.41, 5.74) is 2.90. The van der Waals surface area contributed by atoms with Crippen molar-refractivity contribution in [2.24, 2.45) is 0 Å². The number of nitrogens with one attached hydrogen (secondary N) is 1. The number of aliphatic hydroxyl groups excluding tert-OH is 1. The third kappa shape index (κ3) is 3.19. The van der Waals surface area contributed by atoms with Gasteiger partial charge in [-0.3, -0.25) is 4.79 Å². The Hall–Kier alpha value is -2.79. The summed E-state index contributed by atoms with van der Waals surface area (Å²) in [6.45, 7) is 0.662. The fourth-order valence-corrected chi connectivity index (χ4v) is 2.43. The molecule has 0 fully saturated rings. The Kier molecular flexibility index (Phi) is 4.30. The van der Waals surface area contributed by atoms with Crippen molar-refractivity contribution < 1.29 is 14.3 Å². The van der Waals surface area contributed by atoms with E-state index in [-0.39, 0.29) is 12.5 Å².